The summed E-state index contributed by atoms with van der Waals surface area (Å²) in [5.74, 6) is -0.0637. The highest BCUT2D eigenvalue weighted by atomic mass is 16.5. The predicted octanol–water partition coefficient (Wildman–Crippen LogP) is 2.91. The van der Waals surface area contributed by atoms with Crippen LogP contribution in [-0.2, 0) is 13.1 Å². The minimum Gasteiger partial charge on any atom is -0.497 e. The molecule has 0 amide bonds. The van der Waals surface area contributed by atoms with Crippen molar-refractivity contribution in [3.8, 4) is 5.75 Å². The Labute approximate surface area is 117 Å². The molecule has 4 nitrogen and oxygen atoms in total. The Morgan fingerprint density at radius 3 is 2.65 bits per heavy atom. The number of nitrogens with zero attached hydrogens (tertiary/aromatic N) is 1. The van der Waals surface area contributed by atoms with Crippen molar-refractivity contribution < 1.29 is 14.6 Å². The van der Waals surface area contributed by atoms with Crippen molar-refractivity contribution in [2.75, 3.05) is 12.0 Å². The van der Waals surface area contributed by atoms with Crippen LogP contribution in [0.3, 0.4) is 0 Å². The number of hydrogen-bond acceptors (Lipinski definition) is 3. The van der Waals surface area contributed by atoms with Crippen molar-refractivity contribution in [3.63, 3.8) is 0 Å². The molecular weight excluding hydrogens is 254 g/mol. The molecule has 1 aliphatic heterocycles. The average molecular weight is 269 g/mol. The van der Waals surface area contributed by atoms with Gasteiger partial charge in [0.15, 0.2) is 0 Å². The third-order valence-electron chi connectivity index (χ3n) is 3.61. The third kappa shape index (κ3) is 2.09. The Kier molecular flexibility index (Phi) is 3.06. The number of carboxylic acids is 1. The summed E-state index contributed by atoms with van der Waals surface area (Å²) in [7, 11) is 1.65. The number of hydrogen-bond donors (Lipinski definition) is 1. The fourth-order valence-corrected chi connectivity index (χ4v) is 2.60. The van der Waals surface area contributed by atoms with E-state index in [-0.39, 0.29) is 0 Å². The summed E-state index contributed by atoms with van der Waals surface area (Å²) in [5.41, 5.74) is 3.50. The van der Waals surface area contributed by atoms with Gasteiger partial charge in [-0.25, -0.2) is 4.79 Å². The van der Waals surface area contributed by atoms with Crippen molar-refractivity contribution in [1.82, 2.24) is 0 Å². The number of carbonyl (C=O) groups is 1. The molecule has 3 rings (SSSR count). The molecule has 2 aromatic rings. The Morgan fingerprint density at radius 1 is 1.15 bits per heavy atom. The zero-order valence-electron chi connectivity index (χ0n) is 11.2. The summed E-state index contributed by atoms with van der Waals surface area (Å²) in [5, 5.41) is 9.28. The van der Waals surface area contributed by atoms with Gasteiger partial charge in [0.1, 0.15) is 5.75 Å². The van der Waals surface area contributed by atoms with Gasteiger partial charge in [-0.1, -0.05) is 18.2 Å². The van der Waals surface area contributed by atoms with E-state index >= 15 is 0 Å². The molecule has 0 atom stereocenters. The second-order valence-electron chi connectivity index (χ2n) is 4.81. The first-order valence-electron chi connectivity index (χ1n) is 6.42. The number of anilines is 1. The largest absolute Gasteiger partial charge is 0.497 e. The summed E-state index contributed by atoms with van der Waals surface area (Å²) < 4.78 is 5.23. The zero-order chi connectivity index (χ0) is 14.1. The van der Waals surface area contributed by atoms with E-state index in [9.17, 15) is 9.90 Å². The molecule has 0 bridgehead atoms. The van der Waals surface area contributed by atoms with E-state index in [0.29, 0.717) is 12.1 Å². The van der Waals surface area contributed by atoms with Crippen LogP contribution in [0.5, 0.6) is 5.75 Å². The number of methoxy groups -OCH3 is 1. The Bertz CT molecular complexity index is 667. The highest BCUT2D eigenvalue weighted by Gasteiger charge is 2.23. The first kappa shape index (κ1) is 12.5. The van der Waals surface area contributed by atoms with Crippen molar-refractivity contribution in [2.45, 2.75) is 13.1 Å². The molecule has 1 aliphatic rings. The van der Waals surface area contributed by atoms with Gasteiger partial charge in [-0.15, -0.1) is 0 Å². The maximum Gasteiger partial charge on any atom is 0.337 e. The number of aromatic carboxylic acids is 1. The van der Waals surface area contributed by atoms with E-state index in [1.807, 2.05) is 30.3 Å². The topological polar surface area (TPSA) is 49.8 Å². The van der Waals surface area contributed by atoms with E-state index in [4.69, 9.17) is 4.74 Å². The highest BCUT2D eigenvalue weighted by molar-refractivity contribution is 5.94. The monoisotopic (exact) mass is 269 g/mol. The molecule has 0 radical (unpaired) electrons. The molecule has 0 unspecified atom stereocenters. The number of ether oxygens (including phenoxy) is 1. The molecule has 102 valence electrons. The summed E-state index contributed by atoms with van der Waals surface area (Å²) in [6, 6.07) is 13.1. The molecule has 2 aromatic carbocycles. The second kappa shape index (κ2) is 4.89. The van der Waals surface area contributed by atoms with Crippen LogP contribution in [0.2, 0.25) is 0 Å². The lowest BCUT2D eigenvalue weighted by Crippen LogP contribution is -2.17. The summed E-state index contributed by atoms with van der Waals surface area (Å²) >= 11 is 0. The van der Waals surface area contributed by atoms with Gasteiger partial charge < -0.3 is 14.7 Å². The standard InChI is InChI=1S/C16H15NO3/c1-20-13-7-6-11-9-17(10-12(11)8-13)15-5-3-2-4-14(15)16(18)19/h2-8H,9-10H2,1H3,(H,18,19). The van der Waals surface area contributed by atoms with Crippen LogP contribution in [0.4, 0.5) is 5.69 Å². The van der Waals surface area contributed by atoms with Crippen molar-refractivity contribution >= 4 is 11.7 Å². The number of benzene rings is 2. The predicted molar refractivity (Wildman–Crippen MR) is 76.3 cm³/mol. The van der Waals surface area contributed by atoms with Crippen LogP contribution >= 0.6 is 0 Å². The highest BCUT2D eigenvalue weighted by Crippen LogP contribution is 2.32. The Balaban J connectivity index is 1.94. The van der Waals surface area contributed by atoms with E-state index < -0.39 is 5.97 Å². The maximum atomic E-state index is 11.3. The number of para-hydroxylation sites is 1. The fourth-order valence-electron chi connectivity index (χ4n) is 2.60. The minimum absolute atomic E-state index is 0.340. The molecule has 1 N–H and O–H groups in total. The van der Waals surface area contributed by atoms with E-state index in [1.54, 1.807) is 19.2 Å². The quantitative estimate of drug-likeness (QED) is 0.930. The molecule has 0 aliphatic carbocycles. The van der Waals surface area contributed by atoms with Gasteiger partial charge in [0.05, 0.1) is 18.4 Å². The van der Waals surface area contributed by atoms with Crippen LogP contribution < -0.4 is 9.64 Å². The number of carboxylic acid groups (broad SMARTS) is 1. The second-order valence-corrected chi connectivity index (χ2v) is 4.81. The lowest BCUT2D eigenvalue weighted by molar-refractivity contribution is 0.0697. The van der Waals surface area contributed by atoms with Crippen LogP contribution in [0.1, 0.15) is 21.5 Å². The molecule has 0 saturated carbocycles. The van der Waals surface area contributed by atoms with Gasteiger partial charge in [-0.05, 0) is 35.4 Å². The number of fused-ring (bicyclic) bond motifs is 1. The molecule has 0 spiro atoms. The Hall–Kier alpha value is -2.49. The van der Waals surface area contributed by atoms with Crippen molar-refractivity contribution in [3.05, 3.63) is 59.2 Å². The molecule has 0 saturated heterocycles. The number of rotatable bonds is 3. The fraction of sp³-hybridized carbons (Fsp3) is 0.188. The van der Waals surface area contributed by atoms with Crippen LogP contribution in [0.25, 0.3) is 0 Å². The lowest BCUT2D eigenvalue weighted by atomic mass is 10.1. The molecule has 20 heavy (non-hydrogen) atoms. The average Bonchev–Trinajstić information content (AvgIpc) is 2.89. The van der Waals surface area contributed by atoms with Gasteiger partial charge in [-0.3, -0.25) is 0 Å². The summed E-state index contributed by atoms with van der Waals surface area (Å²) in [6.45, 7) is 1.43. The van der Waals surface area contributed by atoms with Gasteiger partial charge >= 0.3 is 5.97 Å². The molecule has 0 aromatic heterocycles. The van der Waals surface area contributed by atoms with Gasteiger partial charge in [0.2, 0.25) is 0 Å². The first-order valence-corrected chi connectivity index (χ1v) is 6.42. The van der Waals surface area contributed by atoms with Crippen molar-refractivity contribution in [1.29, 1.82) is 0 Å². The molecule has 0 fully saturated rings. The van der Waals surface area contributed by atoms with Crippen LogP contribution in [-0.4, -0.2) is 18.2 Å². The SMILES string of the molecule is COc1ccc2c(c1)CN(c1ccccc1C(=O)O)C2. The van der Waals surface area contributed by atoms with E-state index in [2.05, 4.69) is 4.90 Å². The minimum atomic E-state index is -0.894. The van der Waals surface area contributed by atoms with Gasteiger partial charge in [-0.2, -0.15) is 0 Å². The molecular formula is C16H15NO3. The van der Waals surface area contributed by atoms with Gasteiger partial charge in [0.25, 0.3) is 0 Å². The lowest BCUT2D eigenvalue weighted by Gasteiger charge is -2.19. The summed E-state index contributed by atoms with van der Waals surface area (Å²) in [6.07, 6.45) is 0. The van der Waals surface area contributed by atoms with E-state index in [1.165, 1.54) is 11.1 Å². The third-order valence-corrected chi connectivity index (χ3v) is 3.61. The van der Waals surface area contributed by atoms with Crippen LogP contribution in [0.15, 0.2) is 42.5 Å². The summed E-state index contributed by atoms with van der Waals surface area (Å²) in [4.78, 5) is 13.4. The van der Waals surface area contributed by atoms with Gasteiger partial charge in [0, 0.05) is 13.1 Å². The normalized spacial score (nSPS) is 13.2. The van der Waals surface area contributed by atoms with Crippen molar-refractivity contribution in [2.24, 2.45) is 0 Å². The van der Waals surface area contributed by atoms with Crippen LogP contribution in [0, 0.1) is 0 Å². The zero-order valence-corrected chi connectivity index (χ0v) is 11.2. The van der Waals surface area contributed by atoms with E-state index in [0.717, 1.165) is 18.0 Å². The Morgan fingerprint density at radius 2 is 1.90 bits per heavy atom. The smallest absolute Gasteiger partial charge is 0.337 e. The molecule has 1 heterocycles. The first-order chi connectivity index (χ1) is 9.69. The maximum absolute atomic E-state index is 11.3. The molecule has 4 heteroatoms.